The maximum Gasteiger partial charge on any atom is 0.319 e. The monoisotopic (exact) mass is 214 g/mol. The number of nitrogens with zero attached hydrogens (tertiary/aromatic N) is 3. The Kier molecular flexibility index (Phi) is 2.81. The summed E-state index contributed by atoms with van der Waals surface area (Å²) in [5.41, 5.74) is 5.38. The molecule has 1 aliphatic rings. The Morgan fingerprint density at radius 1 is 1.64 bits per heavy atom. The summed E-state index contributed by atoms with van der Waals surface area (Å²) < 4.78 is 5.19. The van der Waals surface area contributed by atoms with Gasteiger partial charge in [-0.1, -0.05) is 17.1 Å². The minimum Gasteiger partial charge on any atom is -0.390 e. The van der Waals surface area contributed by atoms with Gasteiger partial charge in [-0.05, 0) is 6.42 Å². The average molecular weight is 214 g/mol. The molecular weight excluding hydrogens is 200 g/mol. The van der Waals surface area contributed by atoms with E-state index in [9.17, 15) is 0 Å². The van der Waals surface area contributed by atoms with Crippen LogP contribution in [-0.2, 0) is 0 Å². The molecule has 2 N–H and O–H groups in total. The standard InChI is InChI=1S/C8H14N4OS/c1-2-6-5-12(3-4-14-6)8-11-10-7(9)13-8/h6H,2-5H2,1H3,(H2,9,10). The molecule has 78 valence electrons. The Morgan fingerprint density at radius 3 is 3.14 bits per heavy atom. The molecule has 14 heavy (non-hydrogen) atoms. The molecule has 6 heteroatoms. The molecule has 5 nitrogen and oxygen atoms in total. The van der Waals surface area contributed by atoms with E-state index in [1.165, 1.54) is 6.42 Å². The predicted octanol–water partition coefficient (Wildman–Crippen LogP) is 0.984. The van der Waals surface area contributed by atoms with E-state index in [1.807, 2.05) is 11.8 Å². The van der Waals surface area contributed by atoms with Gasteiger partial charge in [0.1, 0.15) is 0 Å². The number of rotatable bonds is 2. The molecule has 1 aromatic rings. The van der Waals surface area contributed by atoms with Crippen LogP contribution in [0.15, 0.2) is 4.42 Å². The third-order valence-electron chi connectivity index (χ3n) is 2.29. The van der Waals surface area contributed by atoms with Gasteiger partial charge in [-0.3, -0.25) is 0 Å². The van der Waals surface area contributed by atoms with Crippen LogP contribution in [0.4, 0.5) is 12.0 Å². The van der Waals surface area contributed by atoms with E-state index in [2.05, 4.69) is 22.0 Å². The van der Waals surface area contributed by atoms with Gasteiger partial charge in [-0.15, -0.1) is 0 Å². The van der Waals surface area contributed by atoms with Gasteiger partial charge < -0.3 is 15.1 Å². The summed E-state index contributed by atoms with van der Waals surface area (Å²) in [4.78, 5) is 2.11. The van der Waals surface area contributed by atoms with Crippen molar-refractivity contribution in [2.24, 2.45) is 0 Å². The Hall–Kier alpha value is -0.910. The van der Waals surface area contributed by atoms with Gasteiger partial charge in [-0.2, -0.15) is 11.8 Å². The van der Waals surface area contributed by atoms with E-state index in [0.717, 1.165) is 18.8 Å². The first kappa shape index (κ1) is 9.64. The third-order valence-corrected chi connectivity index (χ3v) is 3.67. The Morgan fingerprint density at radius 2 is 2.50 bits per heavy atom. The fourth-order valence-electron chi connectivity index (χ4n) is 1.49. The molecule has 1 fully saturated rings. The SMILES string of the molecule is CCC1CN(c2nnc(N)o2)CCS1. The van der Waals surface area contributed by atoms with Crippen molar-refractivity contribution in [3.8, 4) is 0 Å². The molecule has 1 saturated heterocycles. The van der Waals surface area contributed by atoms with Crippen molar-refractivity contribution < 1.29 is 4.42 Å². The van der Waals surface area contributed by atoms with Crippen molar-refractivity contribution in [2.45, 2.75) is 18.6 Å². The smallest absolute Gasteiger partial charge is 0.319 e. The summed E-state index contributed by atoms with van der Waals surface area (Å²) in [5, 5.41) is 8.20. The molecule has 1 unspecified atom stereocenters. The summed E-state index contributed by atoms with van der Waals surface area (Å²) in [7, 11) is 0. The number of nitrogens with two attached hydrogens (primary N) is 1. The minimum atomic E-state index is 0.145. The zero-order valence-corrected chi connectivity index (χ0v) is 8.96. The van der Waals surface area contributed by atoms with Gasteiger partial charge in [0.25, 0.3) is 0 Å². The molecule has 0 spiro atoms. The topological polar surface area (TPSA) is 68.2 Å². The number of anilines is 2. The minimum absolute atomic E-state index is 0.145. The first-order chi connectivity index (χ1) is 6.79. The van der Waals surface area contributed by atoms with E-state index in [0.29, 0.717) is 11.3 Å². The fourth-order valence-corrected chi connectivity index (χ4v) is 2.67. The normalized spacial score (nSPS) is 22.6. The lowest BCUT2D eigenvalue weighted by Gasteiger charge is -2.30. The van der Waals surface area contributed by atoms with Crippen molar-refractivity contribution in [1.82, 2.24) is 10.2 Å². The highest BCUT2D eigenvalue weighted by Crippen LogP contribution is 2.24. The summed E-state index contributed by atoms with van der Waals surface area (Å²) in [5.74, 6) is 1.11. The van der Waals surface area contributed by atoms with Gasteiger partial charge >= 0.3 is 12.0 Å². The van der Waals surface area contributed by atoms with Crippen LogP contribution in [0.25, 0.3) is 0 Å². The van der Waals surface area contributed by atoms with Crippen LogP contribution < -0.4 is 10.6 Å². The van der Waals surface area contributed by atoms with Crippen molar-refractivity contribution >= 4 is 23.8 Å². The van der Waals surface area contributed by atoms with Gasteiger partial charge in [0, 0.05) is 24.1 Å². The number of hydrogen-bond acceptors (Lipinski definition) is 6. The molecule has 2 heterocycles. The summed E-state index contributed by atoms with van der Waals surface area (Å²) in [6, 6.07) is 0.701. The fraction of sp³-hybridized carbons (Fsp3) is 0.750. The maximum atomic E-state index is 5.38. The molecule has 0 aromatic carbocycles. The average Bonchev–Trinajstić information content (AvgIpc) is 2.65. The molecule has 0 saturated carbocycles. The van der Waals surface area contributed by atoms with Gasteiger partial charge in [0.2, 0.25) is 0 Å². The van der Waals surface area contributed by atoms with Crippen molar-refractivity contribution in [3.63, 3.8) is 0 Å². The van der Waals surface area contributed by atoms with Crippen molar-refractivity contribution in [1.29, 1.82) is 0 Å². The van der Waals surface area contributed by atoms with E-state index in [1.54, 1.807) is 0 Å². The zero-order valence-electron chi connectivity index (χ0n) is 8.14. The first-order valence-electron chi connectivity index (χ1n) is 4.75. The van der Waals surface area contributed by atoms with Crippen LogP contribution in [0, 0.1) is 0 Å². The quantitative estimate of drug-likeness (QED) is 0.791. The summed E-state index contributed by atoms with van der Waals surface area (Å²) in [6.45, 7) is 4.13. The van der Waals surface area contributed by atoms with E-state index in [4.69, 9.17) is 10.2 Å². The Bertz CT molecular complexity index is 303. The Labute approximate surface area is 87.0 Å². The highest BCUT2D eigenvalue weighted by Gasteiger charge is 2.22. The largest absolute Gasteiger partial charge is 0.390 e. The van der Waals surface area contributed by atoms with Crippen LogP contribution in [-0.4, -0.2) is 34.3 Å². The molecule has 0 radical (unpaired) electrons. The number of thioether (sulfide) groups is 1. The van der Waals surface area contributed by atoms with Crippen molar-refractivity contribution in [2.75, 3.05) is 29.5 Å². The van der Waals surface area contributed by atoms with Crippen LogP contribution in [0.3, 0.4) is 0 Å². The number of nitrogen functional groups attached to an aromatic ring is 1. The molecule has 2 rings (SSSR count). The van der Waals surface area contributed by atoms with Gasteiger partial charge in [0.15, 0.2) is 0 Å². The molecule has 0 bridgehead atoms. The van der Waals surface area contributed by atoms with Gasteiger partial charge in [0.05, 0.1) is 0 Å². The van der Waals surface area contributed by atoms with Gasteiger partial charge in [-0.25, -0.2) is 0 Å². The molecular formula is C8H14N4OS. The zero-order chi connectivity index (χ0) is 9.97. The summed E-state index contributed by atoms with van der Waals surface area (Å²) in [6.07, 6.45) is 1.17. The van der Waals surface area contributed by atoms with E-state index < -0.39 is 0 Å². The number of aromatic nitrogens is 2. The van der Waals surface area contributed by atoms with Crippen LogP contribution in [0.2, 0.25) is 0 Å². The molecule has 1 aromatic heterocycles. The second kappa shape index (κ2) is 4.08. The molecule has 1 aliphatic heterocycles. The number of hydrogen-bond donors (Lipinski definition) is 1. The lowest BCUT2D eigenvalue weighted by molar-refractivity contribution is 0.543. The highest BCUT2D eigenvalue weighted by atomic mass is 32.2. The maximum absolute atomic E-state index is 5.38. The molecule has 0 amide bonds. The Balaban J connectivity index is 2.04. The van der Waals surface area contributed by atoms with E-state index >= 15 is 0 Å². The lowest BCUT2D eigenvalue weighted by Crippen LogP contribution is -2.37. The molecule has 0 aliphatic carbocycles. The van der Waals surface area contributed by atoms with Crippen molar-refractivity contribution in [3.05, 3.63) is 0 Å². The second-order valence-corrected chi connectivity index (χ2v) is 4.68. The van der Waals surface area contributed by atoms with Crippen LogP contribution >= 0.6 is 11.8 Å². The third kappa shape index (κ3) is 1.95. The highest BCUT2D eigenvalue weighted by molar-refractivity contribution is 8.00. The second-order valence-electron chi connectivity index (χ2n) is 3.27. The van der Waals surface area contributed by atoms with E-state index in [-0.39, 0.29) is 6.01 Å². The van der Waals surface area contributed by atoms with Crippen LogP contribution in [0.5, 0.6) is 0 Å². The molecule has 1 atom stereocenters. The lowest BCUT2D eigenvalue weighted by atomic mass is 10.3. The predicted molar refractivity (Wildman–Crippen MR) is 57.5 cm³/mol. The summed E-state index contributed by atoms with van der Waals surface area (Å²) >= 11 is 2.01. The van der Waals surface area contributed by atoms with Crippen LogP contribution in [0.1, 0.15) is 13.3 Å². The first-order valence-corrected chi connectivity index (χ1v) is 5.80.